The Hall–Kier alpha value is -0.240. The lowest BCUT2D eigenvalue weighted by atomic mass is 10.2. The van der Waals surface area contributed by atoms with E-state index in [4.69, 9.17) is 17.0 Å². The van der Waals surface area contributed by atoms with Crippen molar-refractivity contribution in [3.05, 3.63) is 27.7 Å². The van der Waals surface area contributed by atoms with E-state index in [2.05, 4.69) is 15.9 Å². The molecule has 0 aliphatic carbocycles. The quantitative estimate of drug-likeness (QED) is 0.812. The summed E-state index contributed by atoms with van der Waals surface area (Å²) in [5, 5.41) is 8.87. The van der Waals surface area contributed by atoms with Gasteiger partial charge in [-0.2, -0.15) is 0 Å². The van der Waals surface area contributed by atoms with Crippen molar-refractivity contribution in [2.75, 3.05) is 16.4 Å². The van der Waals surface area contributed by atoms with Crippen LogP contribution in [0.4, 0.5) is 5.69 Å². The van der Waals surface area contributed by atoms with Crippen molar-refractivity contribution in [2.45, 2.75) is 11.3 Å². The fourth-order valence-corrected chi connectivity index (χ4v) is 7.02. The zero-order valence-electron chi connectivity index (χ0n) is 9.64. The van der Waals surface area contributed by atoms with Gasteiger partial charge in [-0.3, -0.25) is 5.41 Å². The molecule has 0 unspecified atom stereocenters. The number of sulfone groups is 1. The van der Waals surface area contributed by atoms with Gasteiger partial charge in [0, 0.05) is 9.72 Å². The van der Waals surface area contributed by atoms with Crippen molar-refractivity contribution < 1.29 is 8.42 Å². The second-order valence-corrected chi connectivity index (χ2v) is 9.28. The maximum Gasteiger partial charge on any atom is 0.161 e. The minimum absolute atomic E-state index is 0.0581. The number of halogens is 2. The predicted octanol–water partition coefficient (Wildman–Crippen LogP) is 2.76. The molecule has 3 rings (SSSR count). The Bertz CT molecular complexity index is 665. The number of amidine groups is 1. The minimum atomic E-state index is -3.00. The van der Waals surface area contributed by atoms with Gasteiger partial charge in [-0.1, -0.05) is 39.3 Å². The lowest BCUT2D eigenvalue weighted by molar-refractivity contribution is 0.601. The zero-order chi connectivity index (χ0) is 13.8. The molecule has 2 atom stereocenters. The number of hydrogen-bond acceptors (Lipinski definition) is 4. The van der Waals surface area contributed by atoms with Crippen molar-refractivity contribution in [1.29, 1.82) is 5.41 Å². The first-order valence-corrected chi connectivity index (χ1v) is 9.44. The van der Waals surface area contributed by atoms with Crippen LogP contribution in [0, 0.1) is 5.41 Å². The monoisotopic (exact) mass is 380 g/mol. The predicted molar refractivity (Wildman–Crippen MR) is 83.2 cm³/mol. The maximum absolute atomic E-state index is 11.7. The molecule has 0 spiro atoms. The van der Waals surface area contributed by atoms with E-state index in [1.165, 1.54) is 11.8 Å². The Morgan fingerprint density at radius 2 is 2.16 bits per heavy atom. The largest absolute Gasteiger partial charge is 0.315 e. The van der Waals surface area contributed by atoms with Gasteiger partial charge < -0.3 is 4.90 Å². The fraction of sp³-hybridized carbons (Fsp3) is 0.364. The summed E-state index contributed by atoms with van der Waals surface area (Å²) < 4.78 is 24.3. The molecule has 102 valence electrons. The average Bonchev–Trinajstić information content (AvgIpc) is 2.70. The van der Waals surface area contributed by atoms with E-state index < -0.39 is 9.84 Å². The molecule has 0 amide bonds. The van der Waals surface area contributed by atoms with Crippen LogP contribution in [0.5, 0.6) is 0 Å². The van der Waals surface area contributed by atoms with Crippen LogP contribution >= 0.6 is 39.3 Å². The van der Waals surface area contributed by atoms with Gasteiger partial charge in [-0.25, -0.2) is 8.42 Å². The highest BCUT2D eigenvalue weighted by atomic mass is 79.9. The van der Waals surface area contributed by atoms with Crippen LogP contribution in [0.15, 0.2) is 22.7 Å². The third-order valence-electron chi connectivity index (χ3n) is 3.25. The SMILES string of the molecule is N=C1S[C@@H]2CS(=O)(=O)C[C@@H]2N1c1ccc(Br)cc1Cl. The number of benzene rings is 1. The Morgan fingerprint density at radius 3 is 2.84 bits per heavy atom. The molecule has 4 nitrogen and oxygen atoms in total. The van der Waals surface area contributed by atoms with Crippen LogP contribution in [-0.2, 0) is 9.84 Å². The molecule has 19 heavy (non-hydrogen) atoms. The normalized spacial score (nSPS) is 28.7. The highest BCUT2D eigenvalue weighted by molar-refractivity contribution is 9.10. The second-order valence-electron chi connectivity index (χ2n) is 4.57. The van der Waals surface area contributed by atoms with Crippen LogP contribution in [0.3, 0.4) is 0 Å². The van der Waals surface area contributed by atoms with Gasteiger partial charge in [-0.05, 0) is 18.2 Å². The molecule has 2 saturated heterocycles. The Kier molecular flexibility index (Phi) is 3.36. The highest BCUT2D eigenvalue weighted by Crippen LogP contribution is 2.42. The van der Waals surface area contributed by atoms with Gasteiger partial charge in [0.1, 0.15) is 0 Å². The summed E-state index contributed by atoms with van der Waals surface area (Å²) in [4.78, 5) is 1.74. The number of nitrogens with one attached hydrogen (secondary N) is 1. The summed E-state index contributed by atoms with van der Waals surface area (Å²) in [6.07, 6.45) is 0. The minimum Gasteiger partial charge on any atom is -0.315 e. The van der Waals surface area contributed by atoms with Crippen molar-refractivity contribution in [1.82, 2.24) is 0 Å². The summed E-state index contributed by atoms with van der Waals surface area (Å²) in [5.41, 5.74) is 0.701. The molecule has 2 aliphatic rings. The summed E-state index contributed by atoms with van der Waals surface area (Å²) >= 11 is 10.9. The molecule has 0 saturated carbocycles. The topological polar surface area (TPSA) is 61.2 Å². The third-order valence-corrected chi connectivity index (χ3v) is 7.18. The number of fused-ring (bicyclic) bond motifs is 1. The molecule has 0 aromatic heterocycles. The summed E-state index contributed by atoms with van der Waals surface area (Å²) in [7, 11) is -3.00. The van der Waals surface area contributed by atoms with Crippen LogP contribution in [-0.4, -0.2) is 36.4 Å². The fourth-order valence-electron chi connectivity index (χ4n) is 2.47. The van der Waals surface area contributed by atoms with Crippen molar-refractivity contribution in [3.8, 4) is 0 Å². The second kappa shape index (κ2) is 4.65. The van der Waals surface area contributed by atoms with Gasteiger partial charge in [0.2, 0.25) is 0 Å². The van der Waals surface area contributed by atoms with E-state index in [0.717, 1.165) is 4.47 Å². The molecule has 0 radical (unpaired) electrons. The van der Waals surface area contributed by atoms with Crippen molar-refractivity contribution in [2.24, 2.45) is 0 Å². The molecule has 2 heterocycles. The molecule has 2 aliphatic heterocycles. The number of anilines is 1. The van der Waals surface area contributed by atoms with E-state index in [9.17, 15) is 8.42 Å². The number of nitrogens with zero attached hydrogens (tertiary/aromatic N) is 1. The standard InChI is InChI=1S/C11H10BrClN2O2S2/c12-6-1-2-8(7(13)3-6)15-9-4-19(16,17)5-10(9)18-11(15)14/h1-3,9-10,14H,4-5H2/t9-,10+/m0/s1. The van der Waals surface area contributed by atoms with Crippen LogP contribution in [0.2, 0.25) is 5.02 Å². The Labute approximate surface area is 129 Å². The summed E-state index contributed by atoms with van der Waals surface area (Å²) in [6.45, 7) is 0. The van der Waals surface area contributed by atoms with Crippen LogP contribution in [0.25, 0.3) is 0 Å². The molecule has 1 aromatic carbocycles. The Balaban J connectivity index is 2.02. The van der Waals surface area contributed by atoms with E-state index in [-0.39, 0.29) is 22.8 Å². The van der Waals surface area contributed by atoms with Gasteiger partial charge in [-0.15, -0.1) is 0 Å². The first kappa shape index (κ1) is 13.7. The van der Waals surface area contributed by atoms with Gasteiger partial charge in [0.25, 0.3) is 0 Å². The molecular formula is C11H10BrClN2O2S2. The van der Waals surface area contributed by atoms with E-state index in [0.29, 0.717) is 15.9 Å². The number of thioether (sulfide) groups is 1. The first-order valence-electron chi connectivity index (χ1n) is 5.57. The molecule has 8 heteroatoms. The van der Waals surface area contributed by atoms with Gasteiger partial charge in [0.15, 0.2) is 15.0 Å². The number of hydrogen-bond donors (Lipinski definition) is 1. The highest BCUT2D eigenvalue weighted by Gasteiger charge is 2.49. The molecule has 0 bridgehead atoms. The van der Waals surface area contributed by atoms with Crippen LogP contribution in [0.1, 0.15) is 0 Å². The van der Waals surface area contributed by atoms with E-state index in [1.54, 1.807) is 11.0 Å². The Morgan fingerprint density at radius 1 is 1.42 bits per heavy atom. The molecule has 1 N–H and O–H groups in total. The van der Waals surface area contributed by atoms with Crippen molar-refractivity contribution in [3.63, 3.8) is 0 Å². The van der Waals surface area contributed by atoms with Gasteiger partial charge in [0.05, 0.1) is 28.3 Å². The smallest absolute Gasteiger partial charge is 0.161 e. The molecule has 2 fully saturated rings. The summed E-state index contributed by atoms with van der Waals surface area (Å²) in [5.74, 6) is 0.245. The lowest BCUT2D eigenvalue weighted by Crippen LogP contribution is -2.37. The van der Waals surface area contributed by atoms with Crippen LogP contribution < -0.4 is 4.90 Å². The van der Waals surface area contributed by atoms with Gasteiger partial charge >= 0.3 is 0 Å². The maximum atomic E-state index is 11.7. The lowest BCUT2D eigenvalue weighted by Gasteiger charge is -2.24. The third kappa shape index (κ3) is 2.41. The van der Waals surface area contributed by atoms with Crippen molar-refractivity contribution >= 4 is 60.0 Å². The zero-order valence-corrected chi connectivity index (χ0v) is 13.6. The number of rotatable bonds is 1. The molecular weight excluding hydrogens is 372 g/mol. The first-order chi connectivity index (χ1) is 8.87. The average molecular weight is 382 g/mol. The summed E-state index contributed by atoms with van der Waals surface area (Å²) in [6, 6.07) is 5.23. The molecule has 1 aromatic rings. The van der Waals surface area contributed by atoms with E-state index >= 15 is 0 Å². The van der Waals surface area contributed by atoms with E-state index in [1.807, 2.05) is 12.1 Å².